The molecule has 0 aliphatic heterocycles. The molecule has 3 aromatic rings. The number of thiophene rings is 1. The Balaban J connectivity index is 1.79. The first-order valence-corrected chi connectivity index (χ1v) is 8.40. The van der Waals surface area contributed by atoms with E-state index in [2.05, 4.69) is 10.6 Å². The van der Waals surface area contributed by atoms with Crippen molar-refractivity contribution in [1.82, 2.24) is 5.32 Å². The Labute approximate surface area is 148 Å². The zero-order valence-electron chi connectivity index (χ0n) is 13.1. The lowest BCUT2D eigenvalue weighted by Gasteiger charge is -2.18. The van der Waals surface area contributed by atoms with E-state index < -0.39 is 6.03 Å². The predicted octanol–water partition coefficient (Wildman–Crippen LogP) is 4.67. The minimum atomic E-state index is -0.405. The molecular formula is C19H14FN3OS. The van der Waals surface area contributed by atoms with Crippen molar-refractivity contribution in [2.24, 2.45) is 0 Å². The first kappa shape index (κ1) is 16.7. The molecule has 2 amide bonds. The number of benzene rings is 2. The van der Waals surface area contributed by atoms with Gasteiger partial charge in [-0.05, 0) is 47.3 Å². The fourth-order valence-electron chi connectivity index (χ4n) is 2.39. The lowest BCUT2D eigenvalue weighted by molar-refractivity contribution is 0.250. The maximum Gasteiger partial charge on any atom is 0.320 e. The molecule has 0 spiro atoms. The minimum absolute atomic E-state index is 0.327. The Morgan fingerprint density at radius 2 is 1.92 bits per heavy atom. The van der Waals surface area contributed by atoms with Crippen molar-refractivity contribution < 1.29 is 9.18 Å². The number of rotatable bonds is 4. The lowest BCUT2D eigenvalue weighted by Crippen LogP contribution is -2.32. The Morgan fingerprint density at radius 3 is 2.60 bits per heavy atom. The van der Waals surface area contributed by atoms with Gasteiger partial charge in [0.1, 0.15) is 5.82 Å². The van der Waals surface area contributed by atoms with Gasteiger partial charge in [-0.3, -0.25) is 0 Å². The molecule has 124 valence electrons. The third-order valence-electron chi connectivity index (χ3n) is 3.56. The summed E-state index contributed by atoms with van der Waals surface area (Å²) in [6.07, 6.45) is 0. The zero-order chi connectivity index (χ0) is 17.6. The summed E-state index contributed by atoms with van der Waals surface area (Å²) in [6.45, 7) is 0. The average molecular weight is 351 g/mol. The number of amides is 2. The monoisotopic (exact) mass is 351 g/mol. The molecule has 0 aliphatic rings. The molecule has 2 N–H and O–H groups in total. The van der Waals surface area contributed by atoms with Gasteiger partial charge in [-0.15, -0.1) is 11.3 Å². The Morgan fingerprint density at radius 1 is 1.12 bits per heavy atom. The number of carbonyl (C=O) groups excluding carboxylic acids is 1. The van der Waals surface area contributed by atoms with Crippen molar-refractivity contribution in [3.63, 3.8) is 0 Å². The maximum absolute atomic E-state index is 13.2. The van der Waals surface area contributed by atoms with Gasteiger partial charge in [-0.1, -0.05) is 24.3 Å². The van der Waals surface area contributed by atoms with Gasteiger partial charge in [0.2, 0.25) is 0 Å². The third kappa shape index (κ3) is 4.22. The molecule has 0 fully saturated rings. The van der Waals surface area contributed by atoms with Crippen LogP contribution in [0.25, 0.3) is 0 Å². The van der Waals surface area contributed by atoms with Crippen LogP contribution < -0.4 is 10.6 Å². The summed E-state index contributed by atoms with van der Waals surface area (Å²) in [6, 6.07) is 17.7. The average Bonchev–Trinajstić information content (AvgIpc) is 3.15. The second-order valence-electron chi connectivity index (χ2n) is 5.29. The lowest BCUT2D eigenvalue weighted by atomic mass is 10.1. The smallest absolute Gasteiger partial charge is 0.320 e. The van der Waals surface area contributed by atoms with Gasteiger partial charge in [0.05, 0.1) is 17.7 Å². The molecule has 0 radical (unpaired) electrons. The summed E-state index contributed by atoms with van der Waals surface area (Å²) in [5.41, 5.74) is 1.77. The summed E-state index contributed by atoms with van der Waals surface area (Å²) in [5, 5.41) is 16.5. The number of anilines is 1. The van der Waals surface area contributed by atoms with E-state index in [4.69, 9.17) is 5.26 Å². The first-order chi connectivity index (χ1) is 12.2. The number of nitriles is 1. The molecule has 0 aliphatic carbocycles. The molecule has 1 heterocycles. The maximum atomic E-state index is 13.2. The zero-order valence-corrected chi connectivity index (χ0v) is 13.9. The SMILES string of the molecule is N#Cc1cccc(NC(=O)NC(c2ccc(F)cc2)c2cccs2)c1. The van der Waals surface area contributed by atoms with Gasteiger partial charge >= 0.3 is 6.03 Å². The summed E-state index contributed by atoms with van der Waals surface area (Å²) in [4.78, 5) is 13.3. The highest BCUT2D eigenvalue weighted by Crippen LogP contribution is 2.26. The summed E-state index contributed by atoms with van der Waals surface area (Å²) >= 11 is 1.51. The van der Waals surface area contributed by atoms with Crippen LogP contribution in [0.3, 0.4) is 0 Å². The van der Waals surface area contributed by atoms with Crippen LogP contribution in [0, 0.1) is 17.1 Å². The van der Waals surface area contributed by atoms with Crippen LogP contribution in [0.5, 0.6) is 0 Å². The molecule has 3 rings (SSSR count). The van der Waals surface area contributed by atoms with Crippen molar-refractivity contribution in [1.29, 1.82) is 5.26 Å². The van der Waals surface area contributed by atoms with E-state index in [-0.39, 0.29) is 11.9 Å². The summed E-state index contributed by atoms with van der Waals surface area (Å²) < 4.78 is 13.2. The van der Waals surface area contributed by atoms with Gasteiger partial charge in [-0.25, -0.2) is 9.18 Å². The predicted molar refractivity (Wildman–Crippen MR) is 95.9 cm³/mol. The number of carbonyl (C=O) groups is 1. The van der Waals surface area contributed by atoms with Crippen molar-refractivity contribution in [2.45, 2.75) is 6.04 Å². The molecule has 4 nitrogen and oxygen atoms in total. The third-order valence-corrected chi connectivity index (χ3v) is 4.49. The number of hydrogen-bond acceptors (Lipinski definition) is 3. The van der Waals surface area contributed by atoms with Crippen LogP contribution in [0.4, 0.5) is 14.9 Å². The molecule has 1 unspecified atom stereocenters. The Hall–Kier alpha value is -3.17. The number of urea groups is 1. The quantitative estimate of drug-likeness (QED) is 0.717. The van der Waals surface area contributed by atoms with Crippen molar-refractivity contribution in [2.75, 3.05) is 5.32 Å². The number of halogens is 1. The molecule has 0 saturated carbocycles. The molecule has 1 atom stereocenters. The van der Waals surface area contributed by atoms with Crippen molar-refractivity contribution in [3.05, 3.63) is 87.9 Å². The van der Waals surface area contributed by atoms with E-state index in [0.29, 0.717) is 11.3 Å². The standard InChI is InChI=1S/C19H14FN3OS/c20-15-8-6-14(7-9-15)18(17-5-2-10-25-17)23-19(24)22-16-4-1-3-13(11-16)12-21/h1-11,18H,(H2,22,23,24). The topological polar surface area (TPSA) is 64.9 Å². The van der Waals surface area contributed by atoms with Gasteiger partial charge in [0.15, 0.2) is 0 Å². The summed E-state index contributed by atoms with van der Waals surface area (Å²) in [5.74, 6) is -0.327. The normalized spacial score (nSPS) is 11.4. The van der Waals surface area contributed by atoms with Gasteiger partial charge in [0, 0.05) is 10.6 Å². The molecule has 0 bridgehead atoms. The van der Waals surface area contributed by atoms with E-state index in [0.717, 1.165) is 10.4 Å². The van der Waals surface area contributed by atoms with Gasteiger partial charge in [0.25, 0.3) is 0 Å². The Kier molecular flexibility index (Phi) is 5.07. The molecule has 2 aromatic carbocycles. The second kappa shape index (κ2) is 7.60. The summed E-state index contributed by atoms with van der Waals surface area (Å²) in [7, 11) is 0. The van der Waals surface area contributed by atoms with Crippen LogP contribution in [0.1, 0.15) is 22.0 Å². The van der Waals surface area contributed by atoms with Crippen molar-refractivity contribution in [3.8, 4) is 6.07 Å². The highest BCUT2D eigenvalue weighted by Gasteiger charge is 2.18. The largest absolute Gasteiger partial charge is 0.326 e. The second-order valence-corrected chi connectivity index (χ2v) is 6.27. The van der Waals surface area contributed by atoms with Gasteiger partial charge in [-0.2, -0.15) is 5.26 Å². The van der Waals surface area contributed by atoms with Crippen LogP contribution in [0.15, 0.2) is 66.0 Å². The van der Waals surface area contributed by atoms with E-state index in [1.165, 1.54) is 23.5 Å². The number of nitrogens with zero attached hydrogens (tertiary/aromatic N) is 1. The molecule has 0 saturated heterocycles. The fourth-order valence-corrected chi connectivity index (χ4v) is 3.20. The fraction of sp³-hybridized carbons (Fsp3) is 0.0526. The number of hydrogen-bond donors (Lipinski definition) is 2. The van der Waals surface area contributed by atoms with Crippen LogP contribution in [-0.2, 0) is 0 Å². The first-order valence-electron chi connectivity index (χ1n) is 7.52. The van der Waals surface area contributed by atoms with E-state index >= 15 is 0 Å². The van der Waals surface area contributed by atoms with Crippen LogP contribution in [-0.4, -0.2) is 6.03 Å². The van der Waals surface area contributed by atoms with E-state index in [1.807, 2.05) is 23.6 Å². The van der Waals surface area contributed by atoms with Gasteiger partial charge < -0.3 is 10.6 Å². The van der Waals surface area contributed by atoms with Crippen molar-refractivity contribution >= 4 is 23.1 Å². The van der Waals surface area contributed by atoms with Crippen LogP contribution >= 0.6 is 11.3 Å². The van der Waals surface area contributed by atoms with E-state index in [1.54, 1.807) is 36.4 Å². The Bertz CT molecular complexity index is 901. The molecule has 25 heavy (non-hydrogen) atoms. The van der Waals surface area contributed by atoms with Crippen LogP contribution in [0.2, 0.25) is 0 Å². The highest BCUT2D eigenvalue weighted by atomic mass is 32.1. The molecule has 1 aromatic heterocycles. The minimum Gasteiger partial charge on any atom is -0.326 e. The molecular weight excluding hydrogens is 337 g/mol. The highest BCUT2D eigenvalue weighted by molar-refractivity contribution is 7.10. The number of nitrogens with one attached hydrogen (secondary N) is 2. The van der Waals surface area contributed by atoms with E-state index in [9.17, 15) is 9.18 Å². The molecule has 6 heteroatoms.